The smallest absolute Gasteiger partial charge is 0.122 e. The molecule has 1 N–H and O–H groups in total. The van der Waals surface area contributed by atoms with Crippen LogP contribution >= 0.6 is 0 Å². The van der Waals surface area contributed by atoms with Crippen LogP contribution in [-0.2, 0) is 10.2 Å². The number of hydrogen-bond acceptors (Lipinski definition) is 3. The van der Waals surface area contributed by atoms with Crippen LogP contribution < -0.4 is 4.74 Å². The van der Waals surface area contributed by atoms with Crippen molar-refractivity contribution in [2.45, 2.75) is 32.1 Å². The van der Waals surface area contributed by atoms with Crippen molar-refractivity contribution in [2.75, 3.05) is 26.4 Å². The first-order valence-electron chi connectivity index (χ1n) is 7.10. The van der Waals surface area contributed by atoms with Gasteiger partial charge in [-0.2, -0.15) is 0 Å². The van der Waals surface area contributed by atoms with E-state index in [1.54, 1.807) is 0 Å². The molecule has 1 saturated heterocycles. The largest absolute Gasteiger partial charge is 0.494 e. The normalized spacial score (nSPS) is 22.7. The lowest BCUT2D eigenvalue weighted by atomic mass is 9.66. The van der Waals surface area contributed by atoms with E-state index in [2.05, 4.69) is 25.1 Å². The average Bonchev–Trinajstić information content (AvgIpc) is 3.13. The van der Waals surface area contributed by atoms with Crippen molar-refractivity contribution in [3.05, 3.63) is 29.3 Å². The van der Waals surface area contributed by atoms with Crippen molar-refractivity contribution < 1.29 is 14.6 Å². The van der Waals surface area contributed by atoms with Gasteiger partial charge in [-0.25, -0.2) is 0 Å². The van der Waals surface area contributed by atoms with Crippen LogP contribution in [0.2, 0.25) is 0 Å². The van der Waals surface area contributed by atoms with Gasteiger partial charge < -0.3 is 14.6 Å². The minimum absolute atomic E-state index is 0.0251. The summed E-state index contributed by atoms with van der Waals surface area (Å²) in [5, 5.41) is 9.75. The molecule has 1 saturated carbocycles. The van der Waals surface area contributed by atoms with Gasteiger partial charge >= 0.3 is 0 Å². The molecule has 0 atom stereocenters. The van der Waals surface area contributed by atoms with Gasteiger partial charge in [-0.05, 0) is 43.9 Å². The van der Waals surface area contributed by atoms with Crippen molar-refractivity contribution in [1.29, 1.82) is 0 Å². The van der Waals surface area contributed by atoms with Crippen LogP contribution in [0.15, 0.2) is 18.2 Å². The molecule has 1 aromatic rings. The van der Waals surface area contributed by atoms with Gasteiger partial charge in [0.2, 0.25) is 0 Å². The number of aliphatic hydroxyl groups is 1. The Morgan fingerprint density at radius 2 is 2.05 bits per heavy atom. The fourth-order valence-corrected chi connectivity index (χ4v) is 3.29. The van der Waals surface area contributed by atoms with E-state index >= 15 is 0 Å². The first-order valence-corrected chi connectivity index (χ1v) is 7.10. The first-order chi connectivity index (χ1) is 9.17. The maximum atomic E-state index is 9.75. The van der Waals surface area contributed by atoms with Crippen LogP contribution in [0, 0.1) is 12.3 Å². The quantitative estimate of drug-likeness (QED) is 0.885. The van der Waals surface area contributed by atoms with Crippen LogP contribution in [0.25, 0.3) is 0 Å². The molecule has 2 fully saturated rings. The Labute approximate surface area is 114 Å². The standard InChI is InChI=1S/C16H22O3/c1-3-19-14-5-4-13(8-12(14)2)16(10-18-11-16)15(9-17)6-7-15/h4-5,8,17H,3,6-7,9-11H2,1-2H3. The molecule has 3 rings (SSSR count). The predicted molar refractivity (Wildman–Crippen MR) is 73.6 cm³/mol. The minimum atomic E-state index is 0.0251. The molecule has 1 aliphatic heterocycles. The van der Waals surface area contributed by atoms with Crippen LogP contribution in [-0.4, -0.2) is 31.5 Å². The van der Waals surface area contributed by atoms with Crippen LogP contribution in [0.5, 0.6) is 5.75 Å². The third-order valence-corrected chi connectivity index (χ3v) is 4.90. The van der Waals surface area contributed by atoms with Gasteiger partial charge in [0.05, 0.1) is 19.8 Å². The molecular weight excluding hydrogens is 240 g/mol. The van der Waals surface area contributed by atoms with Crippen LogP contribution in [0.1, 0.15) is 30.9 Å². The van der Waals surface area contributed by atoms with Gasteiger partial charge in [0.15, 0.2) is 0 Å². The van der Waals surface area contributed by atoms with E-state index in [4.69, 9.17) is 9.47 Å². The topological polar surface area (TPSA) is 38.7 Å². The molecule has 1 aliphatic carbocycles. The second kappa shape index (κ2) is 4.50. The Kier molecular flexibility index (Phi) is 3.06. The second-order valence-corrected chi connectivity index (χ2v) is 5.93. The molecule has 0 unspecified atom stereocenters. The van der Waals surface area contributed by atoms with Crippen molar-refractivity contribution in [3.8, 4) is 5.75 Å². The zero-order chi connectivity index (χ0) is 13.5. The molecule has 1 aromatic carbocycles. The van der Waals surface area contributed by atoms with Crippen molar-refractivity contribution >= 4 is 0 Å². The summed E-state index contributed by atoms with van der Waals surface area (Å²) in [5.74, 6) is 0.954. The fourth-order valence-electron chi connectivity index (χ4n) is 3.29. The zero-order valence-electron chi connectivity index (χ0n) is 11.7. The molecule has 0 aromatic heterocycles. The molecule has 0 spiro atoms. The van der Waals surface area contributed by atoms with Gasteiger partial charge in [0.1, 0.15) is 5.75 Å². The predicted octanol–water partition coefficient (Wildman–Crippen LogP) is 2.43. The molecule has 0 bridgehead atoms. The van der Waals surface area contributed by atoms with E-state index in [0.717, 1.165) is 31.8 Å². The minimum Gasteiger partial charge on any atom is -0.494 e. The fraction of sp³-hybridized carbons (Fsp3) is 0.625. The number of ether oxygens (including phenoxy) is 2. The molecule has 1 heterocycles. The van der Waals surface area contributed by atoms with Gasteiger partial charge in [0.25, 0.3) is 0 Å². The number of aryl methyl sites for hydroxylation is 1. The highest BCUT2D eigenvalue weighted by Gasteiger charge is 2.63. The number of aliphatic hydroxyl groups excluding tert-OH is 1. The lowest BCUT2D eigenvalue weighted by Gasteiger charge is -2.48. The summed E-state index contributed by atoms with van der Waals surface area (Å²) in [6.07, 6.45) is 2.22. The lowest BCUT2D eigenvalue weighted by molar-refractivity contribution is -0.110. The van der Waals surface area contributed by atoms with E-state index in [1.165, 1.54) is 11.1 Å². The van der Waals surface area contributed by atoms with E-state index in [9.17, 15) is 5.11 Å². The molecule has 0 amide bonds. The number of hydrogen-bond donors (Lipinski definition) is 1. The molecule has 3 heteroatoms. The summed E-state index contributed by atoms with van der Waals surface area (Å²) >= 11 is 0. The highest BCUT2D eigenvalue weighted by atomic mass is 16.5. The molecule has 19 heavy (non-hydrogen) atoms. The van der Waals surface area contributed by atoms with Gasteiger partial charge in [-0.15, -0.1) is 0 Å². The Hall–Kier alpha value is -1.06. The SMILES string of the molecule is CCOc1ccc(C2(C3(CO)CC3)COC2)cc1C. The molecular formula is C16H22O3. The maximum Gasteiger partial charge on any atom is 0.122 e. The van der Waals surface area contributed by atoms with Gasteiger partial charge in [-0.1, -0.05) is 12.1 Å². The van der Waals surface area contributed by atoms with Gasteiger partial charge in [0, 0.05) is 17.4 Å². The van der Waals surface area contributed by atoms with E-state index in [0.29, 0.717) is 6.61 Å². The van der Waals surface area contributed by atoms with Crippen LogP contribution in [0.3, 0.4) is 0 Å². The lowest BCUT2D eigenvalue weighted by Crippen LogP contribution is -2.55. The monoisotopic (exact) mass is 262 g/mol. The summed E-state index contributed by atoms with van der Waals surface area (Å²) in [6.45, 7) is 6.51. The summed E-state index contributed by atoms with van der Waals surface area (Å²) in [7, 11) is 0. The first kappa shape index (κ1) is 12.9. The number of benzene rings is 1. The Balaban J connectivity index is 1.95. The molecule has 2 aliphatic rings. The molecule has 0 radical (unpaired) electrons. The average molecular weight is 262 g/mol. The summed E-state index contributed by atoms with van der Waals surface area (Å²) in [6, 6.07) is 6.42. The van der Waals surface area contributed by atoms with Crippen molar-refractivity contribution in [2.24, 2.45) is 5.41 Å². The van der Waals surface area contributed by atoms with Crippen molar-refractivity contribution in [1.82, 2.24) is 0 Å². The van der Waals surface area contributed by atoms with E-state index < -0.39 is 0 Å². The Morgan fingerprint density at radius 1 is 1.32 bits per heavy atom. The zero-order valence-corrected chi connectivity index (χ0v) is 11.7. The third kappa shape index (κ3) is 1.79. The Bertz CT molecular complexity index is 473. The highest BCUT2D eigenvalue weighted by molar-refractivity contribution is 5.43. The van der Waals surface area contributed by atoms with Gasteiger partial charge in [-0.3, -0.25) is 0 Å². The van der Waals surface area contributed by atoms with Crippen molar-refractivity contribution in [3.63, 3.8) is 0 Å². The maximum absolute atomic E-state index is 9.75. The molecule has 3 nitrogen and oxygen atoms in total. The van der Waals surface area contributed by atoms with E-state index in [1.807, 2.05) is 6.92 Å². The second-order valence-electron chi connectivity index (χ2n) is 5.93. The third-order valence-electron chi connectivity index (χ3n) is 4.90. The summed E-state index contributed by atoms with van der Waals surface area (Å²) < 4.78 is 11.1. The van der Waals surface area contributed by atoms with E-state index in [-0.39, 0.29) is 17.4 Å². The highest BCUT2D eigenvalue weighted by Crippen LogP contribution is 2.62. The van der Waals surface area contributed by atoms with Crippen LogP contribution in [0.4, 0.5) is 0 Å². The Morgan fingerprint density at radius 3 is 2.47 bits per heavy atom. The molecule has 104 valence electrons. The summed E-state index contributed by atoms with van der Waals surface area (Å²) in [4.78, 5) is 0. The number of rotatable bonds is 5. The summed E-state index contributed by atoms with van der Waals surface area (Å²) in [5.41, 5.74) is 2.55.